The van der Waals surface area contributed by atoms with Crippen LogP contribution in [0.5, 0.6) is 0 Å². The minimum Gasteiger partial charge on any atom is -0.345 e. The van der Waals surface area contributed by atoms with Crippen LogP contribution in [0.4, 0.5) is 0 Å². The average Bonchev–Trinajstić information content (AvgIpc) is 3.04. The molecule has 1 heterocycles. The van der Waals surface area contributed by atoms with Gasteiger partial charge >= 0.3 is 0 Å². The zero-order valence-electron chi connectivity index (χ0n) is 12.3. The number of hydrogen-bond acceptors (Lipinski definition) is 1. The second kappa shape index (κ2) is 5.79. The third kappa shape index (κ3) is 2.59. The molecule has 0 aliphatic heterocycles. The van der Waals surface area contributed by atoms with Crippen LogP contribution in [0.15, 0.2) is 24.4 Å². The highest BCUT2D eigenvalue weighted by Crippen LogP contribution is 2.31. The quantitative estimate of drug-likeness (QED) is 0.847. The van der Waals surface area contributed by atoms with E-state index in [1.807, 2.05) is 12.1 Å². The molecule has 1 aliphatic carbocycles. The van der Waals surface area contributed by atoms with Gasteiger partial charge in [0.05, 0.1) is 10.5 Å². The zero-order valence-corrected chi connectivity index (χ0v) is 13.1. The zero-order chi connectivity index (χ0) is 14.1. The van der Waals surface area contributed by atoms with Crippen LogP contribution in [-0.4, -0.2) is 10.6 Å². The van der Waals surface area contributed by atoms with Crippen LogP contribution in [-0.2, 0) is 6.54 Å². The fourth-order valence-electron chi connectivity index (χ4n) is 3.29. The number of aromatic nitrogens is 1. The van der Waals surface area contributed by atoms with E-state index in [9.17, 15) is 0 Å². The summed E-state index contributed by atoms with van der Waals surface area (Å²) in [6.45, 7) is 5.35. The van der Waals surface area contributed by atoms with Gasteiger partial charge in [0.1, 0.15) is 0 Å². The van der Waals surface area contributed by atoms with Crippen molar-refractivity contribution in [3.8, 4) is 0 Å². The predicted molar refractivity (Wildman–Crippen MR) is 86.4 cm³/mol. The highest BCUT2D eigenvalue weighted by molar-refractivity contribution is 6.35. The fourth-order valence-corrected chi connectivity index (χ4v) is 3.58. The van der Waals surface area contributed by atoms with Gasteiger partial charge < -0.3 is 9.88 Å². The first-order chi connectivity index (χ1) is 9.66. The maximum Gasteiger partial charge on any atom is 0.0503 e. The van der Waals surface area contributed by atoms with Crippen molar-refractivity contribution in [1.82, 2.24) is 9.88 Å². The van der Waals surface area contributed by atoms with Crippen molar-refractivity contribution in [2.45, 2.75) is 58.2 Å². The summed E-state index contributed by atoms with van der Waals surface area (Å²) in [6.07, 6.45) is 7.63. The van der Waals surface area contributed by atoms with Crippen LogP contribution in [0.2, 0.25) is 5.02 Å². The van der Waals surface area contributed by atoms with E-state index in [2.05, 4.69) is 36.0 Å². The van der Waals surface area contributed by atoms with E-state index in [4.69, 9.17) is 11.6 Å². The van der Waals surface area contributed by atoms with E-state index in [0.29, 0.717) is 12.1 Å². The first-order valence-corrected chi connectivity index (χ1v) is 8.06. The first kappa shape index (κ1) is 14.0. The van der Waals surface area contributed by atoms with Crippen LogP contribution >= 0.6 is 11.6 Å². The molecule has 3 rings (SSSR count). The molecule has 1 N–H and O–H groups in total. The maximum atomic E-state index is 6.43. The monoisotopic (exact) mass is 290 g/mol. The molecule has 108 valence electrons. The Kier molecular flexibility index (Phi) is 4.04. The molecule has 3 heteroatoms. The number of hydrogen-bond donors (Lipinski definition) is 1. The summed E-state index contributed by atoms with van der Waals surface area (Å²) in [4.78, 5) is 0. The summed E-state index contributed by atoms with van der Waals surface area (Å²) in [5, 5.41) is 5.78. The van der Waals surface area contributed by atoms with Crippen molar-refractivity contribution >= 4 is 22.5 Å². The van der Waals surface area contributed by atoms with Gasteiger partial charge in [-0.2, -0.15) is 0 Å². The summed E-state index contributed by atoms with van der Waals surface area (Å²) in [5.74, 6) is 0. The largest absolute Gasteiger partial charge is 0.345 e. The molecule has 0 bridgehead atoms. The van der Waals surface area contributed by atoms with Gasteiger partial charge in [-0.1, -0.05) is 30.5 Å². The topological polar surface area (TPSA) is 17.0 Å². The van der Waals surface area contributed by atoms with Gasteiger partial charge in [-0.05, 0) is 44.4 Å². The lowest BCUT2D eigenvalue weighted by atomic mass is 10.1. The van der Waals surface area contributed by atoms with E-state index in [1.165, 1.54) is 42.1 Å². The third-order valence-corrected chi connectivity index (χ3v) is 4.69. The van der Waals surface area contributed by atoms with E-state index >= 15 is 0 Å². The fraction of sp³-hybridized carbons (Fsp3) is 0.529. The van der Waals surface area contributed by atoms with E-state index in [1.54, 1.807) is 0 Å². The molecule has 0 saturated heterocycles. The molecular formula is C17H23ClN2. The molecule has 0 spiro atoms. The third-order valence-electron chi connectivity index (χ3n) is 4.38. The Bertz CT molecular complexity index is 594. The van der Waals surface area contributed by atoms with Crippen molar-refractivity contribution in [1.29, 1.82) is 0 Å². The smallest absolute Gasteiger partial charge is 0.0503 e. The van der Waals surface area contributed by atoms with Crippen molar-refractivity contribution in [2.24, 2.45) is 0 Å². The van der Waals surface area contributed by atoms with E-state index in [-0.39, 0.29) is 0 Å². The van der Waals surface area contributed by atoms with Crippen molar-refractivity contribution in [3.05, 3.63) is 35.0 Å². The second-order valence-corrected chi connectivity index (χ2v) is 6.56. The summed E-state index contributed by atoms with van der Waals surface area (Å²) in [7, 11) is 0. The van der Waals surface area contributed by atoms with Crippen molar-refractivity contribution in [2.75, 3.05) is 0 Å². The Morgan fingerprint density at radius 2 is 2.05 bits per heavy atom. The van der Waals surface area contributed by atoms with Crippen molar-refractivity contribution < 1.29 is 0 Å². The predicted octanol–water partition coefficient (Wildman–Crippen LogP) is 4.91. The second-order valence-electron chi connectivity index (χ2n) is 6.15. The van der Waals surface area contributed by atoms with Crippen LogP contribution in [0.25, 0.3) is 10.9 Å². The van der Waals surface area contributed by atoms with Gasteiger partial charge in [0.25, 0.3) is 0 Å². The minimum absolute atomic E-state index is 0.455. The molecular weight excluding hydrogens is 268 g/mol. The molecule has 1 fully saturated rings. The lowest BCUT2D eigenvalue weighted by Crippen LogP contribution is -2.25. The molecule has 0 amide bonds. The number of benzene rings is 1. The molecule has 1 aliphatic rings. The van der Waals surface area contributed by atoms with Crippen molar-refractivity contribution in [3.63, 3.8) is 0 Å². The van der Waals surface area contributed by atoms with Crippen LogP contribution in [0.1, 0.15) is 51.1 Å². The Morgan fingerprint density at radius 1 is 1.30 bits per heavy atom. The van der Waals surface area contributed by atoms with Gasteiger partial charge in [0.2, 0.25) is 0 Å². The van der Waals surface area contributed by atoms with Gasteiger partial charge in [0, 0.05) is 30.2 Å². The molecule has 1 aromatic heterocycles. The standard InChI is InChI=1S/C17H23ClN2/c1-12(2)20-11-13(10-19-14-6-3-4-7-14)17-15(18)8-5-9-16(17)20/h5,8-9,11-12,14,19H,3-4,6-7,10H2,1-2H3. The maximum absolute atomic E-state index is 6.43. The highest BCUT2D eigenvalue weighted by Gasteiger charge is 2.17. The molecule has 0 unspecified atom stereocenters. The van der Waals surface area contributed by atoms with Gasteiger partial charge in [-0.25, -0.2) is 0 Å². The molecule has 0 radical (unpaired) electrons. The molecule has 2 nitrogen and oxygen atoms in total. The number of halogens is 1. The Labute approximate surface area is 126 Å². The van der Waals surface area contributed by atoms with Crippen LogP contribution < -0.4 is 5.32 Å². The average molecular weight is 291 g/mol. The van der Waals surface area contributed by atoms with Gasteiger partial charge in [0.15, 0.2) is 0 Å². The Balaban J connectivity index is 1.92. The Morgan fingerprint density at radius 3 is 2.75 bits per heavy atom. The first-order valence-electron chi connectivity index (χ1n) is 7.68. The van der Waals surface area contributed by atoms with E-state index in [0.717, 1.165) is 11.6 Å². The number of nitrogens with one attached hydrogen (secondary N) is 1. The molecule has 1 saturated carbocycles. The number of fused-ring (bicyclic) bond motifs is 1. The van der Waals surface area contributed by atoms with Crippen LogP contribution in [0.3, 0.4) is 0 Å². The summed E-state index contributed by atoms with van der Waals surface area (Å²) < 4.78 is 2.33. The molecule has 0 atom stereocenters. The molecule has 2 aromatic rings. The van der Waals surface area contributed by atoms with E-state index < -0.39 is 0 Å². The summed E-state index contributed by atoms with van der Waals surface area (Å²) in [5.41, 5.74) is 2.57. The molecule has 1 aromatic carbocycles. The summed E-state index contributed by atoms with van der Waals surface area (Å²) in [6, 6.07) is 7.34. The lowest BCUT2D eigenvalue weighted by molar-refractivity contribution is 0.523. The Hall–Kier alpha value is -0.990. The minimum atomic E-state index is 0.455. The SMILES string of the molecule is CC(C)n1cc(CNC2CCCC2)c2c(Cl)cccc21. The number of rotatable bonds is 4. The van der Waals surface area contributed by atoms with Gasteiger partial charge in [-0.3, -0.25) is 0 Å². The lowest BCUT2D eigenvalue weighted by Gasteiger charge is -2.11. The highest BCUT2D eigenvalue weighted by atomic mass is 35.5. The van der Waals surface area contributed by atoms with Gasteiger partial charge in [-0.15, -0.1) is 0 Å². The summed E-state index contributed by atoms with van der Waals surface area (Å²) >= 11 is 6.43. The normalized spacial score (nSPS) is 16.6. The number of nitrogens with zero attached hydrogens (tertiary/aromatic N) is 1. The molecule has 20 heavy (non-hydrogen) atoms. The van der Waals surface area contributed by atoms with Crippen LogP contribution in [0, 0.1) is 0 Å².